The van der Waals surface area contributed by atoms with Crippen LogP contribution in [0.1, 0.15) is 11.1 Å². The quantitative estimate of drug-likeness (QED) is 0.732. The number of nitrogens with one attached hydrogen (secondary N) is 1. The third-order valence-corrected chi connectivity index (χ3v) is 5.14. The normalized spacial score (nSPS) is 11.4. The van der Waals surface area contributed by atoms with E-state index in [4.69, 9.17) is 9.15 Å². The maximum atomic E-state index is 12.6. The van der Waals surface area contributed by atoms with Gasteiger partial charge in [-0.3, -0.25) is 4.98 Å². The minimum atomic E-state index is -3.69. The highest BCUT2D eigenvalue weighted by atomic mass is 32.2. The summed E-state index contributed by atoms with van der Waals surface area (Å²) in [6.07, 6.45) is 4.82. The lowest BCUT2D eigenvalue weighted by Gasteiger charge is -2.11. The zero-order valence-electron chi connectivity index (χ0n) is 13.9. The molecule has 0 fully saturated rings. The highest BCUT2D eigenvalue weighted by molar-refractivity contribution is 7.89. The van der Waals surface area contributed by atoms with Crippen molar-refractivity contribution >= 4 is 10.0 Å². The number of methoxy groups -OCH3 is 1. The molecule has 3 rings (SSSR count). The van der Waals surface area contributed by atoms with Crippen molar-refractivity contribution < 1.29 is 17.6 Å². The molecule has 25 heavy (non-hydrogen) atoms. The van der Waals surface area contributed by atoms with Gasteiger partial charge < -0.3 is 9.15 Å². The van der Waals surface area contributed by atoms with Gasteiger partial charge in [0, 0.05) is 18.3 Å². The van der Waals surface area contributed by atoms with Crippen molar-refractivity contribution in [1.29, 1.82) is 0 Å². The highest BCUT2D eigenvalue weighted by Gasteiger charge is 2.19. The van der Waals surface area contributed by atoms with E-state index in [1.807, 2.05) is 25.1 Å². The number of sulfonamides is 1. The van der Waals surface area contributed by atoms with Crippen molar-refractivity contribution in [3.63, 3.8) is 0 Å². The van der Waals surface area contributed by atoms with Crippen LogP contribution in [-0.2, 0) is 16.6 Å². The van der Waals surface area contributed by atoms with Gasteiger partial charge in [0.2, 0.25) is 10.0 Å². The van der Waals surface area contributed by atoms with Crippen LogP contribution in [0.25, 0.3) is 11.3 Å². The van der Waals surface area contributed by atoms with Crippen molar-refractivity contribution in [1.82, 2.24) is 9.71 Å². The average Bonchev–Trinajstić information content (AvgIpc) is 3.15. The summed E-state index contributed by atoms with van der Waals surface area (Å²) in [5.74, 6) is 0.312. The van der Waals surface area contributed by atoms with Crippen LogP contribution in [0.5, 0.6) is 5.75 Å². The zero-order valence-corrected chi connectivity index (χ0v) is 14.7. The molecule has 6 nitrogen and oxygen atoms in total. The Morgan fingerprint density at radius 2 is 2.04 bits per heavy atom. The number of nitrogens with zero attached hydrogens (tertiary/aromatic N) is 1. The number of rotatable bonds is 6. The van der Waals surface area contributed by atoms with Gasteiger partial charge in [-0.1, -0.05) is 12.1 Å². The predicted molar refractivity (Wildman–Crippen MR) is 93.7 cm³/mol. The molecule has 0 spiro atoms. The number of hydrogen-bond donors (Lipinski definition) is 1. The molecule has 0 aliphatic rings. The second-order valence-electron chi connectivity index (χ2n) is 5.54. The molecular formula is C18H18N2O4S. The minimum absolute atomic E-state index is 0.123. The van der Waals surface area contributed by atoms with E-state index in [2.05, 4.69) is 9.71 Å². The first-order valence-electron chi connectivity index (χ1n) is 7.61. The Balaban J connectivity index is 1.75. The second-order valence-corrected chi connectivity index (χ2v) is 7.28. The lowest BCUT2D eigenvalue weighted by Crippen LogP contribution is -2.24. The Morgan fingerprint density at radius 1 is 1.20 bits per heavy atom. The summed E-state index contributed by atoms with van der Waals surface area (Å²) in [5, 5.41) is 0. The van der Waals surface area contributed by atoms with Gasteiger partial charge in [0.25, 0.3) is 0 Å². The fourth-order valence-electron chi connectivity index (χ4n) is 2.36. The van der Waals surface area contributed by atoms with Crippen molar-refractivity contribution in [2.75, 3.05) is 7.11 Å². The van der Waals surface area contributed by atoms with Crippen LogP contribution in [0.3, 0.4) is 0 Å². The number of aryl methyl sites for hydroxylation is 1. The zero-order chi connectivity index (χ0) is 17.9. The van der Waals surface area contributed by atoms with E-state index in [0.717, 1.165) is 22.4 Å². The molecule has 0 aliphatic heterocycles. The van der Waals surface area contributed by atoms with Crippen LogP contribution in [-0.4, -0.2) is 20.5 Å². The minimum Gasteiger partial charge on any atom is -0.495 e. The van der Waals surface area contributed by atoms with Crippen LogP contribution in [0, 0.1) is 6.92 Å². The topological polar surface area (TPSA) is 81.4 Å². The van der Waals surface area contributed by atoms with Crippen molar-refractivity contribution in [2.24, 2.45) is 0 Å². The number of benzene rings is 1. The summed E-state index contributed by atoms with van der Waals surface area (Å²) >= 11 is 0. The molecule has 0 aliphatic carbocycles. The lowest BCUT2D eigenvalue weighted by molar-refractivity contribution is 0.402. The molecule has 1 aromatic carbocycles. The molecule has 0 amide bonds. The molecule has 0 saturated heterocycles. The first kappa shape index (κ1) is 17.2. The molecule has 130 valence electrons. The van der Waals surface area contributed by atoms with Gasteiger partial charge in [-0.2, -0.15) is 0 Å². The number of pyridine rings is 1. The SMILES string of the molecule is COc1ccc(C)cc1S(=O)(=O)NCc1ccc(-c2ccoc2)nc1. The molecule has 0 bridgehead atoms. The Labute approximate surface area is 146 Å². The highest BCUT2D eigenvalue weighted by Crippen LogP contribution is 2.24. The lowest BCUT2D eigenvalue weighted by atomic mass is 10.2. The molecule has 0 atom stereocenters. The van der Waals surface area contributed by atoms with E-state index >= 15 is 0 Å². The third-order valence-electron chi connectivity index (χ3n) is 3.72. The van der Waals surface area contributed by atoms with Crippen molar-refractivity contribution in [3.05, 3.63) is 66.2 Å². The summed E-state index contributed by atoms with van der Waals surface area (Å²) in [6, 6.07) is 10.5. The first-order valence-corrected chi connectivity index (χ1v) is 9.10. The van der Waals surface area contributed by atoms with Gasteiger partial charge in [0.05, 0.1) is 25.3 Å². The second kappa shape index (κ2) is 7.08. The molecule has 0 saturated carbocycles. The van der Waals surface area contributed by atoms with Crippen LogP contribution in [0.4, 0.5) is 0 Å². The number of furan rings is 1. The molecule has 2 aromatic heterocycles. The Morgan fingerprint density at radius 3 is 2.68 bits per heavy atom. The van der Waals surface area contributed by atoms with Gasteiger partial charge in [-0.25, -0.2) is 13.1 Å². The molecule has 0 unspecified atom stereocenters. The van der Waals surface area contributed by atoms with Gasteiger partial charge in [0.1, 0.15) is 10.6 Å². The summed E-state index contributed by atoms with van der Waals surface area (Å²) in [4.78, 5) is 4.45. The maximum absolute atomic E-state index is 12.6. The van der Waals surface area contributed by atoms with Gasteiger partial charge in [-0.15, -0.1) is 0 Å². The largest absolute Gasteiger partial charge is 0.495 e. The standard InChI is InChI=1S/C18H18N2O4S/c1-13-3-6-17(23-2)18(9-13)25(21,22)20-11-14-4-5-16(19-10-14)15-7-8-24-12-15/h3-10,12,20H,11H2,1-2H3. The molecular weight excluding hydrogens is 340 g/mol. The van der Waals surface area contributed by atoms with E-state index in [1.165, 1.54) is 7.11 Å². The summed E-state index contributed by atoms with van der Waals surface area (Å²) in [5.41, 5.74) is 3.23. The van der Waals surface area contributed by atoms with E-state index in [1.54, 1.807) is 36.9 Å². The fraction of sp³-hybridized carbons (Fsp3) is 0.167. The first-order chi connectivity index (χ1) is 12.0. The van der Waals surface area contributed by atoms with Gasteiger partial charge in [0.15, 0.2) is 0 Å². The Bertz CT molecular complexity index is 949. The predicted octanol–water partition coefficient (Wildman–Crippen LogP) is 3.14. The molecule has 0 radical (unpaired) electrons. The fourth-order valence-corrected chi connectivity index (χ4v) is 3.63. The monoisotopic (exact) mass is 358 g/mol. The number of ether oxygens (including phenoxy) is 1. The number of aromatic nitrogens is 1. The summed E-state index contributed by atoms with van der Waals surface area (Å²) in [6.45, 7) is 1.97. The van der Waals surface area contributed by atoms with E-state index in [-0.39, 0.29) is 11.4 Å². The van der Waals surface area contributed by atoms with Crippen LogP contribution in [0.15, 0.2) is 64.4 Å². The Hall–Kier alpha value is -2.64. The molecule has 3 aromatic rings. The summed E-state index contributed by atoms with van der Waals surface area (Å²) < 4.78 is 37.9. The van der Waals surface area contributed by atoms with E-state index < -0.39 is 10.0 Å². The molecule has 1 N–H and O–H groups in total. The van der Waals surface area contributed by atoms with Crippen molar-refractivity contribution in [3.8, 4) is 17.0 Å². The molecule has 2 heterocycles. The molecule has 7 heteroatoms. The van der Waals surface area contributed by atoms with Gasteiger partial charge in [-0.05, 0) is 42.3 Å². The van der Waals surface area contributed by atoms with Crippen molar-refractivity contribution in [2.45, 2.75) is 18.4 Å². The Kier molecular flexibility index (Phi) is 4.87. The van der Waals surface area contributed by atoms with Gasteiger partial charge >= 0.3 is 0 Å². The summed E-state index contributed by atoms with van der Waals surface area (Å²) in [7, 11) is -2.25. The van der Waals surface area contributed by atoms with Crippen LogP contribution >= 0.6 is 0 Å². The van der Waals surface area contributed by atoms with Crippen LogP contribution < -0.4 is 9.46 Å². The number of hydrogen-bond acceptors (Lipinski definition) is 5. The smallest absolute Gasteiger partial charge is 0.244 e. The average molecular weight is 358 g/mol. The maximum Gasteiger partial charge on any atom is 0.244 e. The third kappa shape index (κ3) is 3.89. The van der Waals surface area contributed by atoms with E-state index in [9.17, 15) is 8.42 Å². The van der Waals surface area contributed by atoms with E-state index in [0.29, 0.717) is 5.75 Å². The van der Waals surface area contributed by atoms with Crippen LogP contribution in [0.2, 0.25) is 0 Å².